The molecule has 0 bridgehead atoms. The van der Waals surface area contributed by atoms with Crippen LogP contribution in [-0.4, -0.2) is 24.0 Å². The first-order chi connectivity index (χ1) is 11.5. The van der Waals surface area contributed by atoms with Gasteiger partial charge in [0.05, 0.1) is 18.5 Å². The van der Waals surface area contributed by atoms with Crippen LogP contribution in [0.1, 0.15) is 6.42 Å². The van der Waals surface area contributed by atoms with Crippen molar-refractivity contribution < 1.29 is 18.7 Å². The number of hydrogen-bond donors (Lipinski definition) is 0. The van der Waals surface area contributed by atoms with Crippen LogP contribution in [0.25, 0.3) is 0 Å². The van der Waals surface area contributed by atoms with Crippen LogP contribution in [0.5, 0.6) is 5.75 Å². The summed E-state index contributed by atoms with van der Waals surface area (Å²) in [5.74, 6) is -0.857. The summed E-state index contributed by atoms with van der Waals surface area (Å²) >= 11 is 5.37. The van der Waals surface area contributed by atoms with E-state index in [1.54, 1.807) is 24.3 Å². The van der Waals surface area contributed by atoms with Gasteiger partial charge >= 0.3 is 0 Å². The smallest absolute Gasteiger partial charge is 0.242 e. The first-order valence-corrected chi connectivity index (χ1v) is 7.52. The molecule has 1 aliphatic rings. The summed E-state index contributed by atoms with van der Waals surface area (Å²) in [6.07, 6.45) is -0.338. The molecule has 1 aliphatic heterocycles. The average molecular weight is 344 g/mol. The minimum absolute atomic E-state index is 0.00681. The van der Waals surface area contributed by atoms with Crippen LogP contribution in [-0.2, 0) is 9.59 Å². The fourth-order valence-electron chi connectivity index (χ4n) is 2.50. The molecule has 0 N–H and O–H groups in total. The fraction of sp³-hybridized carbons (Fsp3) is 0.118. The van der Waals surface area contributed by atoms with Gasteiger partial charge in [0.1, 0.15) is 18.0 Å². The Kier molecular flexibility index (Phi) is 4.26. The lowest BCUT2D eigenvalue weighted by atomic mass is 10.2. The van der Waals surface area contributed by atoms with Crippen molar-refractivity contribution in [1.82, 2.24) is 0 Å². The molecule has 0 radical (unpaired) electrons. The number of thiocarbonyl (C=S) groups is 1. The highest BCUT2D eigenvalue weighted by Gasteiger charge is 2.37. The summed E-state index contributed by atoms with van der Waals surface area (Å²) < 4.78 is 18.4. The molecule has 2 aromatic rings. The minimum atomic E-state index is -0.456. The molecule has 0 aromatic heterocycles. The molecule has 122 valence electrons. The molecule has 0 saturated carbocycles. The Hall–Kier alpha value is -2.80. The monoisotopic (exact) mass is 344 g/mol. The molecular formula is C17H13FN2O3S. The van der Waals surface area contributed by atoms with Crippen LogP contribution in [0.15, 0.2) is 48.5 Å². The zero-order valence-electron chi connectivity index (χ0n) is 12.7. The van der Waals surface area contributed by atoms with E-state index in [0.717, 1.165) is 0 Å². The highest BCUT2D eigenvalue weighted by molar-refractivity contribution is 7.81. The van der Waals surface area contributed by atoms with Crippen molar-refractivity contribution >= 4 is 40.5 Å². The van der Waals surface area contributed by atoms with Gasteiger partial charge in [-0.1, -0.05) is 12.1 Å². The van der Waals surface area contributed by atoms with Gasteiger partial charge in [0.2, 0.25) is 11.8 Å². The number of benzene rings is 2. The normalized spacial score (nSPS) is 15.0. The summed E-state index contributed by atoms with van der Waals surface area (Å²) in [5.41, 5.74) is 0.855. The second kappa shape index (κ2) is 6.37. The van der Waals surface area contributed by atoms with Crippen LogP contribution in [0.4, 0.5) is 15.8 Å². The van der Waals surface area contributed by atoms with E-state index in [1.807, 2.05) is 0 Å². The van der Waals surface area contributed by atoms with Crippen LogP contribution in [0, 0.1) is 5.82 Å². The summed E-state index contributed by atoms with van der Waals surface area (Å²) in [6, 6.07) is 12.2. The quantitative estimate of drug-likeness (QED) is 0.635. The summed E-state index contributed by atoms with van der Waals surface area (Å²) in [5, 5.41) is 0.00681. The largest absolute Gasteiger partial charge is 0.495 e. The Morgan fingerprint density at radius 1 is 1.00 bits per heavy atom. The topological polar surface area (TPSA) is 49.9 Å². The number of hydrogen-bond acceptors (Lipinski definition) is 4. The van der Waals surface area contributed by atoms with Crippen LogP contribution < -0.4 is 14.5 Å². The van der Waals surface area contributed by atoms with Crippen molar-refractivity contribution in [3.63, 3.8) is 0 Å². The van der Waals surface area contributed by atoms with E-state index in [2.05, 4.69) is 0 Å². The number of anilines is 2. The number of amides is 2. The third-order valence-corrected chi connectivity index (χ3v) is 3.96. The molecule has 7 heteroatoms. The molecule has 3 rings (SSSR count). The second-order valence-electron chi connectivity index (χ2n) is 5.07. The first-order valence-electron chi connectivity index (χ1n) is 7.11. The second-order valence-corrected chi connectivity index (χ2v) is 5.43. The maximum absolute atomic E-state index is 13.1. The van der Waals surface area contributed by atoms with Crippen molar-refractivity contribution in [2.75, 3.05) is 16.9 Å². The average Bonchev–Trinajstić information content (AvgIpc) is 2.56. The van der Waals surface area contributed by atoms with E-state index in [0.29, 0.717) is 17.1 Å². The van der Waals surface area contributed by atoms with Gasteiger partial charge in [0, 0.05) is 0 Å². The molecule has 1 saturated heterocycles. The fourth-order valence-corrected chi connectivity index (χ4v) is 2.90. The molecule has 0 spiro atoms. The van der Waals surface area contributed by atoms with Gasteiger partial charge < -0.3 is 4.74 Å². The van der Waals surface area contributed by atoms with E-state index < -0.39 is 17.6 Å². The lowest BCUT2D eigenvalue weighted by molar-refractivity contribution is -0.126. The third kappa shape index (κ3) is 2.74. The van der Waals surface area contributed by atoms with Crippen molar-refractivity contribution in [2.24, 2.45) is 0 Å². The molecule has 1 heterocycles. The number of rotatable bonds is 3. The van der Waals surface area contributed by atoms with Crippen LogP contribution in [0.3, 0.4) is 0 Å². The maximum Gasteiger partial charge on any atom is 0.242 e. The minimum Gasteiger partial charge on any atom is -0.495 e. The van der Waals surface area contributed by atoms with Gasteiger partial charge in [-0.2, -0.15) is 0 Å². The molecule has 5 nitrogen and oxygen atoms in total. The molecule has 0 aliphatic carbocycles. The number of nitrogens with zero attached hydrogens (tertiary/aromatic N) is 2. The van der Waals surface area contributed by atoms with Crippen LogP contribution >= 0.6 is 12.2 Å². The van der Waals surface area contributed by atoms with Crippen LogP contribution in [0.2, 0.25) is 0 Å². The maximum atomic E-state index is 13.1. The summed E-state index contributed by atoms with van der Waals surface area (Å²) in [6.45, 7) is 0. The Morgan fingerprint density at radius 3 is 2.29 bits per heavy atom. The molecule has 0 atom stereocenters. The molecular weight excluding hydrogens is 331 g/mol. The molecule has 1 fully saturated rings. The summed E-state index contributed by atoms with van der Waals surface area (Å²) in [4.78, 5) is 27.2. The van der Waals surface area contributed by atoms with E-state index in [1.165, 1.54) is 41.2 Å². The third-order valence-electron chi connectivity index (χ3n) is 3.59. The Balaban J connectivity index is 2.05. The predicted molar refractivity (Wildman–Crippen MR) is 91.6 cm³/mol. The highest BCUT2D eigenvalue weighted by atomic mass is 32.1. The molecule has 2 aromatic carbocycles. The van der Waals surface area contributed by atoms with Crippen molar-refractivity contribution in [2.45, 2.75) is 6.42 Å². The van der Waals surface area contributed by atoms with Gasteiger partial charge in [-0.25, -0.2) is 4.39 Å². The standard InChI is InChI=1S/C17H13FN2O3S/c1-23-14-5-3-2-4-13(14)20-16(22)10-15(21)19(17(20)24)12-8-6-11(18)7-9-12/h2-9H,10H2,1H3. The van der Waals surface area contributed by atoms with E-state index in [9.17, 15) is 14.0 Å². The van der Waals surface area contributed by atoms with E-state index in [4.69, 9.17) is 17.0 Å². The lowest BCUT2D eigenvalue weighted by Crippen LogP contribution is -2.55. The van der Waals surface area contributed by atoms with Crippen molar-refractivity contribution in [1.29, 1.82) is 0 Å². The number of ether oxygens (including phenoxy) is 1. The van der Waals surface area contributed by atoms with Crippen molar-refractivity contribution in [3.8, 4) is 5.75 Å². The van der Waals surface area contributed by atoms with E-state index >= 15 is 0 Å². The number of carbonyl (C=O) groups excluding carboxylic acids is 2. The predicted octanol–water partition coefficient (Wildman–Crippen LogP) is 2.89. The van der Waals surface area contributed by atoms with E-state index in [-0.39, 0.29) is 11.5 Å². The zero-order valence-corrected chi connectivity index (χ0v) is 13.5. The number of carbonyl (C=O) groups is 2. The zero-order chi connectivity index (χ0) is 17.3. The number of halogens is 1. The highest BCUT2D eigenvalue weighted by Crippen LogP contribution is 2.32. The Bertz CT molecular complexity index is 823. The molecule has 24 heavy (non-hydrogen) atoms. The first kappa shape index (κ1) is 16.1. The van der Waals surface area contributed by atoms with Gasteiger partial charge in [-0.15, -0.1) is 0 Å². The Labute approximate surface area is 143 Å². The number of methoxy groups -OCH3 is 1. The summed E-state index contributed by atoms with van der Waals surface area (Å²) in [7, 11) is 1.49. The SMILES string of the molecule is COc1ccccc1N1C(=O)CC(=O)N(c2ccc(F)cc2)C1=S. The van der Waals surface area contributed by atoms with Gasteiger partial charge in [0.25, 0.3) is 0 Å². The van der Waals surface area contributed by atoms with Gasteiger partial charge in [-0.3, -0.25) is 19.4 Å². The van der Waals surface area contributed by atoms with Crippen molar-refractivity contribution in [3.05, 3.63) is 54.3 Å². The van der Waals surface area contributed by atoms with Gasteiger partial charge in [0.15, 0.2) is 5.11 Å². The Morgan fingerprint density at radius 2 is 1.62 bits per heavy atom. The molecule has 2 amide bonds. The molecule has 0 unspecified atom stereocenters. The van der Waals surface area contributed by atoms with Gasteiger partial charge in [-0.05, 0) is 48.6 Å². The lowest BCUT2D eigenvalue weighted by Gasteiger charge is -2.35. The number of para-hydroxylation sites is 2.